The van der Waals surface area contributed by atoms with Crippen molar-refractivity contribution in [2.45, 2.75) is 32.7 Å². The molecule has 0 spiro atoms. The third-order valence-corrected chi connectivity index (χ3v) is 4.01. The number of unbranched alkanes of at least 4 members (excludes halogenated alkanes) is 1. The predicted octanol–water partition coefficient (Wildman–Crippen LogP) is 2.51. The van der Waals surface area contributed by atoms with Gasteiger partial charge in [-0.05, 0) is 24.1 Å². The van der Waals surface area contributed by atoms with Gasteiger partial charge in [0.2, 0.25) is 0 Å². The van der Waals surface area contributed by atoms with Gasteiger partial charge >= 0.3 is 0 Å². The van der Waals surface area contributed by atoms with E-state index < -0.39 is 0 Å². The van der Waals surface area contributed by atoms with Gasteiger partial charge in [0.1, 0.15) is 22.6 Å². The monoisotopic (exact) mass is 327 g/mol. The second-order valence-electron chi connectivity index (χ2n) is 5.67. The van der Waals surface area contributed by atoms with E-state index in [9.17, 15) is 5.11 Å². The molecule has 3 rings (SSSR count). The molecule has 0 aliphatic carbocycles. The normalized spacial score (nSPS) is 11.1. The molecule has 0 aliphatic rings. The van der Waals surface area contributed by atoms with E-state index in [-0.39, 0.29) is 11.7 Å². The molecule has 0 aliphatic heterocycles. The highest BCUT2D eigenvalue weighted by atomic mass is 16.5. The summed E-state index contributed by atoms with van der Waals surface area (Å²) in [5.74, 6) is 1.76. The number of hydrogen-bond donors (Lipinski definition) is 2. The number of benzene rings is 1. The number of aryl methyl sites for hydroxylation is 1. The summed E-state index contributed by atoms with van der Waals surface area (Å²) in [6.45, 7) is 2.70. The number of nitrogen functional groups attached to an aromatic ring is 1. The number of fused-ring (bicyclic) bond motifs is 1. The van der Waals surface area contributed by atoms with Crippen LogP contribution in [-0.4, -0.2) is 32.0 Å². The highest BCUT2D eigenvalue weighted by molar-refractivity contribution is 5.88. The Morgan fingerprint density at radius 1 is 1.21 bits per heavy atom. The molecule has 0 amide bonds. The molecule has 0 unspecified atom stereocenters. The van der Waals surface area contributed by atoms with Crippen LogP contribution in [0.1, 0.15) is 31.2 Å². The third-order valence-electron chi connectivity index (χ3n) is 4.01. The Hall–Kier alpha value is -2.83. The molecule has 0 radical (unpaired) electrons. The van der Waals surface area contributed by atoms with Crippen molar-refractivity contribution in [1.29, 1.82) is 0 Å². The summed E-state index contributed by atoms with van der Waals surface area (Å²) in [6.07, 6.45) is 2.87. The van der Waals surface area contributed by atoms with Crippen LogP contribution in [0.4, 0.5) is 5.82 Å². The fourth-order valence-electron chi connectivity index (χ4n) is 2.71. The number of ether oxygens (including phenoxy) is 1. The fourth-order valence-corrected chi connectivity index (χ4v) is 2.71. The molecule has 3 aromatic rings. The smallest absolute Gasteiger partial charge is 0.257 e. The van der Waals surface area contributed by atoms with Crippen molar-refractivity contribution in [3.63, 3.8) is 0 Å². The van der Waals surface area contributed by atoms with E-state index in [1.165, 1.54) is 0 Å². The lowest BCUT2D eigenvalue weighted by Crippen LogP contribution is -2.06. The van der Waals surface area contributed by atoms with Crippen molar-refractivity contribution in [2.24, 2.45) is 0 Å². The molecule has 7 nitrogen and oxygen atoms in total. The van der Waals surface area contributed by atoms with Gasteiger partial charge in [-0.2, -0.15) is 0 Å². The zero-order valence-corrected chi connectivity index (χ0v) is 13.9. The Kier molecular flexibility index (Phi) is 4.50. The minimum atomic E-state index is -0.150. The molecule has 2 heterocycles. The second-order valence-corrected chi connectivity index (χ2v) is 5.67. The summed E-state index contributed by atoms with van der Waals surface area (Å²) in [7, 11) is 1.64. The van der Waals surface area contributed by atoms with Crippen molar-refractivity contribution in [1.82, 2.24) is 19.7 Å². The van der Waals surface area contributed by atoms with Gasteiger partial charge < -0.3 is 20.1 Å². The van der Waals surface area contributed by atoms with Gasteiger partial charge in [-0.15, -0.1) is 10.2 Å². The number of imidazole rings is 1. The van der Waals surface area contributed by atoms with Crippen molar-refractivity contribution in [3.8, 4) is 11.6 Å². The standard InChI is InChI=1S/C17H21N5O2/c1-3-4-5-13-19-14-15(17(23)21-20-16(14)18)22(13)10-11-6-8-12(24-2)9-7-11/h6-9H,3-5,10H2,1-2H3,(H2,18,20)(H,21,23). The first-order valence-electron chi connectivity index (χ1n) is 7.97. The van der Waals surface area contributed by atoms with Gasteiger partial charge in [-0.1, -0.05) is 25.5 Å². The molecule has 126 valence electrons. The minimum Gasteiger partial charge on any atom is -0.497 e. The van der Waals surface area contributed by atoms with E-state index in [4.69, 9.17) is 10.5 Å². The lowest BCUT2D eigenvalue weighted by Gasteiger charge is -2.10. The number of hydrogen-bond acceptors (Lipinski definition) is 6. The number of nitrogens with two attached hydrogens (primary N) is 1. The molecule has 0 atom stereocenters. The maximum absolute atomic E-state index is 10.2. The Balaban J connectivity index is 2.07. The molecular weight excluding hydrogens is 306 g/mol. The fraction of sp³-hybridized carbons (Fsp3) is 0.353. The molecule has 0 saturated heterocycles. The number of aromatic nitrogens is 4. The lowest BCUT2D eigenvalue weighted by molar-refractivity contribution is 0.414. The molecule has 3 N–H and O–H groups in total. The molecule has 0 saturated carbocycles. The van der Waals surface area contributed by atoms with Gasteiger partial charge in [0.05, 0.1) is 7.11 Å². The maximum Gasteiger partial charge on any atom is 0.257 e. The Bertz CT molecular complexity index is 842. The van der Waals surface area contributed by atoms with Crippen LogP contribution in [0.3, 0.4) is 0 Å². The van der Waals surface area contributed by atoms with E-state index >= 15 is 0 Å². The lowest BCUT2D eigenvalue weighted by atomic mass is 10.2. The molecule has 24 heavy (non-hydrogen) atoms. The van der Waals surface area contributed by atoms with Crippen molar-refractivity contribution >= 4 is 16.9 Å². The van der Waals surface area contributed by atoms with Crippen LogP contribution in [0.2, 0.25) is 0 Å². The van der Waals surface area contributed by atoms with Crippen LogP contribution in [0.5, 0.6) is 11.6 Å². The Labute approximate surface area is 140 Å². The number of anilines is 1. The van der Waals surface area contributed by atoms with Crippen LogP contribution in [0.15, 0.2) is 24.3 Å². The van der Waals surface area contributed by atoms with Gasteiger partial charge in [0, 0.05) is 13.0 Å². The Morgan fingerprint density at radius 3 is 2.62 bits per heavy atom. The van der Waals surface area contributed by atoms with Crippen LogP contribution >= 0.6 is 0 Å². The van der Waals surface area contributed by atoms with Gasteiger partial charge in [-0.3, -0.25) is 0 Å². The highest BCUT2D eigenvalue weighted by Gasteiger charge is 2.18. The number of rotatable bonds is 6. The first kappa shape index (κ1) is 16.0. The quantitative estimate of drug-likeness (QED) is 0.722. The summed E-state index contributed by atoms with van der Waals surface area (Å²) in [4.78, 5) is 4.59. The second kappa shape index (κ2) is 6.74. The van der Waals surface area contributed by atoms with E-state index in [2.05, 4.69) is 22.1 Å². The molecular formula is C17H21N5O2. The van der Waals surface area contributed by atoms with Crippen LogP contribution < -0.4 is 10.5 Å². The van der Waals surface area contributed by atoms with Crippen molar-refractivity contribution in [2.75, 3.05) is 12.8 Å². The van der Waals surface area contributed by atoms with Crippen molar-refractivity contribution < 1.29 is 9.84 Å². The van der Waals surface area contributed by atoms with Gasteiger partial charge in [0.25, 0.3) is 5.88 Å². The van der Waals surface area contributed by atoms with E-state index in [1.807, 2.05) is 28.8 Å². The molecule has 2 aromatic heterocycles. The molecule has 1 aromatic carbocycles. The predicted molar refractivity (Wildman–Crippen MR) is 92.1 cm³/mol. The number of aromatic hydroxyl groups is 1. The Morgan fingerprint density at radius 2 is 1.96 bits per heavy atom. The molecule has 7 heteroatoms. The molecule has 0 bridgehead atoms. The maximum atomic E-state index is 10.2. The number of methoxy groups -OCH3 is 1. The summed E-state index contributed by atoms with van der Waals surface area (Å²) in [6, 6.07) is 7.80. The van der Waals surface area contributed by atoms with Crippen molar-refractivity contribution in [3.05, 3.63) is 35.7 Å². The van der Waals surface area contributed by atoms with Crippen LogP contribution in [-0.2, 0) is 13.0 Å². The van der Waals surface area contributed by atoms with E-state index in [0.29, 0.717) is 17.6 Å². The highest BCUT2D eigenvalue weighted by Crippen LogP contribution is 2.28. The SMILES string of the molecule is CCCCc1nc2c(N)nnc(O)c2n1Cc1ccc(OC)cc1. The first-order valence-corrected chi connectivity index (χ1v) is 7.97. The zero-order valence-electron chi connectivity index (χ0n) is 13.9. The minimum absolute atomic E-state index is 0.150. The molecule has 0 fully saturated rings. The van der Waals surface area contributed by atoms with Gasteiger partial charge in [0.15, 0.2) is 5.82 Å². The van der Waals surface area contributed by atoms with Crippen LogP contribution in [0, 0.1) is 0 Å². The summed E-state index contributed by atoms with van der Waals surface area (Å²) >= 11 is 0. The summed E-state index contributed by atoms with van der Waals surface area (Å²) < 4.78 is 7.16. The average Bonchev–Trinajstić information content (AvgIpc) is 2.96. The summed E-state index contributed by atoms with van der Waals surface area (Å²) in [5.41, 5.74) is 8.00. The third kappa shape index (κ3) is 2.97. The van der Waals surface area contributed by atoms with E-state index in [1.54, 1.807) is 7.11 Å². The van der Waals surface area contributed by atoms with Crippen LogP contribution in [0.25, 0.3) is 11.0 Å². The van der Waals surface area contributed by atoms with E-state index in [0.717, 1.165) is 36.4 Å². The summed E-state index contributed by atoms with van der Waals surface area (Å²) in [5, 5.41) is 17.7. The topological polar surface area (TPSA) is 99.1 Å². The van der Waals surface area contributed by atoms with Gasteiger partial charge in [-0.25, -0.2) is 4.98 Å². The average molecular weight is 327 g/mol. The first-order chi connectivity index (χ1) is 11.6. The largest absolute Gasteiger partial charge is 0.497 e. The number of nitrogens with zero attached hydrogens (tertiary/aromatic N) is 4. The zero-order chi connectivity index (χ0) is 17.1.